The Morgan fingerprint density at radius 2 is 2.00 bits per heavy atom. The van der Waals surface area contributed by atoms with Crippen LogP contribution in [0.3, 0.4) is 0 Å². The van der Waals surface area contributed by atoms with Gasteiger partial charge in [-0.2, -0.15) is 0 Å². The molecule has 4 aromatic rings. The maximum absolute atomic E-state index is 12.6. The van der Waals surface area contributed by atoms with Crippen molar-refractivity contribution in [1.29, 1.82) is 0 Å². The molecule has 0 aliphatic carbocycles. The van der Waals surface area contributed by atoms with Crippen LogP contribution in [0.25, 0.3) is 0 Å². The van der Waals surface area contributed by atoms with Crippen molar-refractivity contribution in [2.45, 2.75) is 19.9 Å². The highest BCUT2D eigenvalue weighted by atomic mass is 32.1. The summed E-state index contributed by atoms with van der Waals surface area (Å²) >= 11 is 1.52. The molecule has 3 aromatic heterocycles. The topological polar surface area (TPSA) is 76.4 Å². The van der Waals surface area contributed by atoms with Crippen molar-refractivity contribution < 1.29 is 13.9 Å². The van der Waals surface area contributed by atoms with Crippen molar-refractivity contribution in [1.82, 2.24) is 4.98 Å². The van der Waals surface area contributed by atoms with Gasteiger partial charge in [-0.25, -0.2) is 4.98 Å². The van der Waals surface area contributed by atoms with E-state index >= 15 is 0 Å². The molecule has 7 heteroatoms. The van der Waals surface area contributed by atoms with Crippen molar-refractivity contribution >= 4 is 28.1 Å². The number of rotatable bonds is 7. The molecule has 4 rings (SSSR count). The number of hydrogen-bond donors (Lipinski definition) is 2. The minimum absolute atomic E-state index is 0.249. The SMILES string of the molecule is COc1cccc(C(Nc2cc(C)ccn2)c2cc(C)sc2NC(=O)c2ccco2)c1. The van der Waals surface area contributed by atoms with Gasteiger partial charge < -0.3 is 19.8 Å². The van der Waals surface area contributed by atoms with Crippen molar-refractivity contribution in [2.75, 3.05) is 17.7 Å². The van der Waals surface area contributed by atoms with Gasteiger partial charge in [0.05, 0.1) is 19.4 Å². The molecule has 31 heavy (non-hydrogen) atoms. The smallest absolute Gasteiger partial charge is 0.291 e. The maximum Gasteiger partial charge on any atom is 0.291 e. The summed E-state index contributed by atoms with van der Waals surface area (Å²) in [6, 6.07) is 17.0. The Kier molecular flexibility index (Phi) is 6.04. The van der Waals surface area contributed by atoms with E-state index in [1.165, 1.54) is 17.6 Å². The molecule has 0 saturated heterocycles. The maximum atomic E-state index is 12.6. The third kappa shape index (κ3) is 4.78. The molecule has 1 amide bonds. The largest absolute Gasteiger partial charge is 0.497 e. The lowest BCUT2D eigenvalue weighted by Crippen LogP contribution is -2.17. The van der Waals surface area contributed by atoms with Gasteiger partial charge in [0, 0.05) is 16.6 Å². The number of benzene rings is 1. The molecule has 0 radical (unpaired) electrons. The Labute approximate surface area is 184 Å². The van der Waals surface area contributed by atoms with E-state index in [0.717, 1.165) is 38.1 Å². The van der Waals surface area contributed by atoms with Crippen LogP contribution in [0.15, 0.2) is 71.5 Å². The van der Waals surface area contributed by atoms with Crippen molar-refractivity contribution in [3.8, 4) is 5.75 Å². The second-order valence-electron chi connectivity index (χ2n) is 7.15. The minimum Gasteiger partial charge on any atom is -0.497 e. The summed E-state index contributed by atoms with van der Waals surface area (Å²) in [4.78, 5) is 18.2. The molecule has 3 heterocycles. The number of nitrogens with zero attached hydrogens (tertiary/aromatic N) is 1. The summed E-state index contributed by atoms with van der Waals surface area (Å²) in [6.07, 6.45) is 3.26. The monoisotopic (exact) mass is 433 g/mol. The highest BCUT2D eigenvalue weighted by molar-refractivity contribution is 7.16. The number of methoxy groups -OCH3 is 1. The molecule has 0 aliphatic rings. The number of anilines is 2. The van der Waals surface area contributed by atoms with Gasteiger partial charge in [0.15, 0.2) is 5.76 Å². The molecule has 0 saturated carbocycles. The molecule has 2 N–H and O–H groups in total. The summed E-state index contributed by atoms with van der Waals surface area (Å²) in [6.45, 7) is 4.04. The average Bonchev–Trinajstić information content (AvgIpc) is 3.42. The number of aromatic nitrogens is 1. The van der Waals surface area contributed by atoms with Crippen LogP contribution >= 0.6 is 11.3 Å². The number of ether oxygens (including phenoxy) is 1. The predicted octanol–water partition coefficient (Wildman–Crippen LogP) is 5.82. The number of nitrogens with one attached hydrogen (secondary N) is 2. The van der Waals surface area contributed by atoms with E-state index in [-0.39, 0.29) is 17.7 Å². The highest BCUT2D eigenvalue weighted by Gasteiger charge is 2.23. The van der Waals surface area contributed by atoms with E-state index in [4.69, 9.17) is 9.15 Å². The van der Waals surface area contributed by atoms with Crippen LogP contribution in [0, 0.1) is 13.8 Å². The van der Waals surface area contributed by atoms with Crippen LogP contribution in [-0.4, -0.2) is 18.0 Å². The van der Waals surface area contributed by atoms with E-state index in [1.807, 2.05) is 50.2 Å². The number of thiophene rings is 1. The number of pyridine rings is 1. The van der Waals surface area contributed by atoms with E-state index in [2.05, 4.69) is 21.7 Å². The van der Waals surface area contributed by atoms with Gasteiger partial charge in [-0.15, -0.1) is 11.3 Å². The molecule has 0 bridgehead atoms. The lowest BCUT2D eigenvalue weighted by atomic mass is 9.99. The number of furan rings is 1. The average molecular weight is 434 g/mol. The standard InChI is InChI=1S/C24H23N3O3S/c1-15-9-10-25-21(12-15)26-22(17-6-4-7-18(14-17)29-3)19-13-16(2)31-24(19)27-23(28)20-8-5-11-30-20/h4-14,22H,1-3H3,(H,25,26)(H,27,28). The quantitative estimate of drug-likeness (QED) is 0.384. The molecule has 1 atom stereocenters. The van der Waals surface area contributed by atoms with Gasteiger partial charge in [0.1, 0.15) is 16.6 Å². The predicted molar refractivity (Wildman–Crippen MR) is 123 cm³/mol. The third-order valence-electron chi connectivity index (χ3n) is 4.80. The van der Waals surface area contributed by atoms with Crippen LogP contribution in [-0.2, 0) is 0 Å². The fraction of sp³-hybridized carbons (Fsp3) is 0.167. The second kappa shape index (κ2) is 9.06. The molecule has 6 nitrogen and oxygen atoms in total. The third-order valence-corrected chi connectivity index (χ3v) is 5.78. The normalized spacial score (nSPS) is 11.7. The summed E-state index contributed by atoms with van der Waals surface area (Å²) in [5, 5.41) is 7.29. The first-order valence-electron chi connectivity index (χ1n) is 9.82. The lowest BCUT2D eigenvalue weighted by Gasteiger charge is -2.21. The zero-order valence-electron chi connectivity index (χ0n) is 17.5. The fourth-order valence-corrected chi connectivity index (χ4v) is 4.29. The summed E-state index contributed by atoms with van der Waals surface area (Å²) < 4.78 is 10.7. The fourth-order valence-electron chi connectivity index (χ4n) is 3.34. The zero-order valence-corrected chi connectivity index (χ0v) is 18.3. The molecule has 158 valence electrons. The first-order chi connectivity index (χ1) is 15.0. The lowest BCUT2D eigenvalue weighted by molar-refractivity contribution is 0.0997. The van der Waals surface area contributed by atoms with Crippen molar-refractivity contribution in [3.05, 3.63) is 94.4 Å². The number of hydrogen-bond acceptors (Lipinski definition) is 6. The van der Waals surface area contributed by atoms with Crippen LogP contribution in [0.1, 0.15) is 38.2 Å². The zero-order chi connectivity index (χ0) is 21.8. The van der Waals surface area contributed by atoms with Crippen LogP contribution < -0.4 is 15.4 Å². The first kappa shape index (κ1) is 20.7. The van der Waals surface area contributed by atoms with Gasteiger partial charge in [-0.05, 0) is 67.4 Å². The van der Waals surface area contributed by atoms with Gasteiger partial charge >= 0.3 is 0 Å². The Morgan fingerprint density at radius 1 is 1.13 bits per heavy atom. The van der Waals surface area contributed by atoms with Gasteiger partial charge in [0.2, 0.25) is 0 Å². The number of amides is 1. The Balaban J connectivity index is 1.75. The Bertz CT molecular complexity index is 1180. The van der Waals surface area contributed by atoms with Gasteiger partial charge in [0.25, 0.3) is 5.91 Å². The molecular formula is C24H23N3O3S. The van der Waals surface area contributed by atoms with Crippen LogP contribution in [0.2, 0.25) is 0 Å². The van der Waals surface area contributed by atoms with Gasteiger partial charge in [-0.3, -0.25) is 4.79 Å². The molecule has 0 spiro atoms. The highest BCUT2D eigenvalue weighted by Crippen LogP contribution is 2.38. The summed E-state index contributed by atoms with van der Waals surface area (Å²) in [5.41, 5.74) is 3.04. The molecule has 1 unspecified atom stereocenters. The van der Waals surface area contributed by atoms with E-state index in [9.17, 15) is 4.79 Å². The van der Waals surface area contributed by atoms with E-state index in [0.29, 0.717) is 0 Å². The number of carbonyl (C=O) groups excluding carboxylic acids is 1. The van der Waals surface area contributed by atoms with Crippen molar-refractivity contribution in [2.24, 2.45) is 0 Å². The molecular weight excluding hydrogens is 410 g/mol. The number of carbonyl (C=O) groups is 1. The molecule has 1 aromatic carbocycles. The van der Waals surface area contributed by atoms with Crippen LogP contribution in [0.5, 0.6) is 5.75 Å². The molecule has 0 fully saturated rings. The van der Waals surface area contributed by atoms with Gasteiger partial charge in [-0.1, -0.05) is 12.1 Å². The number of aryl methyl sites for hydroxylation is 2. The Morgan fingerprint density at radius 3 is 2.74 bits per heavy atom. The minimum atomic E-state index is -0.286. The van der Waals surface area contributed by atoms with E-state index < -0.39 is 0 Å². The summed E-state index contributed by atoms with van der Waals surface area (Å²) in [5.74, 6) is 1.49. The summed E-state index contributed by atoms with van der Waals surface area (Å²) in [7, 11) is 1.65. The van der Waals surface area contributed by atoms with Crippen LogP contribution in [0.4, 0.5) is 10.8 Å². The first-order valence-corrected chi connectivity index (χ1v) is 10.6. The molecule has 0 aliphatic heterocycles. The van der Waals surface area contributed by atoms with E-state index in [1.54, 1.807) is 25.4 Å². The van der Waals surface area contributed by atoms with Crippen molar-refractivity contribution in [3.63, 3.8) is 0 Å². The Hall–Kier alpha value is -3.58. The second-order valence-corrected chi connectivity index (χ2v) is 8.40.